The predicted octanol–water partition coefficient (Wildman–Crippen LogP) is 0.178. The van der Waals surface area contributed by atoms with Crippen LogP contribution in [0.2, 0.25) is 0 Å². The highest BCUT2D eigenvalue weighted by Gasteiger charge is 2.18. The molecular formula is C14H25N3O4S2. The number of nitrogens with zero attached hydrogens (tertiary/aromatic N) is 2. The first-order valence-electron chi connectivity index (χ1n) is 7.27. The van der Waals surface area contributed by atoms with Gasteiger partial charge in [0.1, 0.15) is 0 Å². The minimum atomic E-state index is -3.62. The fourth-order valence-electron chi connectivity index (χ4n) is 1.99. The smallest absolute Gasteiger partial charge is 0.240 e. The second kappa shape index (κ2) is 8.74. The van der Waals surface area contributed by atoms with Crippen LogP contribution in [0.5, 0.6) is 0 Å². The first-order valence-corrected chi connectivity index (χ1v) is 10.6. The molecule has 1 N–H and O–H groups in total. The molecule has 1 aromatic rings. The summed E-state index contributed by atoms with van der Waals surface area (Å²) in [6.45, 7) is 1.27. The molecule has 0 bridgehead atoms. The zero-order valence-electron chi connectivity index (χ0n) is 13.8. The highest BCUT2D eigenvalue weighted by molar-refractivity contribution is 7.89. The van der Waals surface area contributed by atoms with Crippen molar-refractivity contribution in [1.82, 2.24) is 13.9 Å². The second-order valence-electron chi connectivity index (χ2n) is 5.53. The van der Waals surface area contributed by atoms with E-state index in [4.69, 9.17) is 0 Å². The summed E-state index contributed by atoms with van der Waals surface area (Å²) in [6, 6.07) is 7.99. The number of benzene rings is 1. The number of hydrogen-bond acceptors (Lipinski definition) is 5. The molecule has 1 rings (SSSR count). The molecule has 0 unspecified atom stereocenters. The van der Waals surface area contributed by atoms with Gasteiger partial charge in [-0.05, 0) is 39.2 Å². The molecule has 9 heteroatoms. The lowest BCUT2D eigenvalue weighted by Gasteiger charge is -2.21. The van der Waals surface area contributed by atoms with Gasteiger partial charge < -0.3 is 4.90 Å². The van der Waals surface area contributed by atoms with Crippen molar-refractivity contribution in [2.24, 2.45) is 0 Å². The Morgan fingerprint density at radius 3 is 2.09 bits per heavy atom. The molecule has 0 saturated carbocycles. The maximum Gasteiger partial charge on any atom is 0.240 e. The average Bonchev–Trinajstić information content (AvgIpc) is 2.45. The van der Waals surface area contributed by atoms with Crippen LogP contribution >= 0.6 is 0 Å². The Balaban J connectivity index is 2.58. The lowest BCUT2D eigenvalue weighted by molar-refractivity contribution is 0.352. The summed E-state index contributed by atoms with van der Waals surface area (Å²) in [5, 5.41) is 0. The average molecular weight is 364 g/mol. The molecule has 0 aliphatic rings. The Morgan fingerprint density at radius 1 is 0.957 bits per heavy atom. The molecule has 132 valence electrons. The van der Waals surface area contributed by atoms with Gasteiger partial charge >= 0.3 is 0 Å². The maximum absolute atomic E-state index is 12.1. The van der Waals surface area contributed by atoms with Gasteiger partial charge in [-0.3, -0.25) is 0 Å². The number of rotatable bonds is 10. The number of sulfonamides is 2. The van der Waals surface area contributed by atoms with Crippen molar-refractivity contribution in [3.05, 3.63) is 30.3 Å². The third-order valence-electron chi connectivity index (χ3n) is 3.19. The Labute approximate surface area is 139 Å². The predicted molar refractivity (Wildman–Crippen MR) is 91.2 cm³/mol. The maximum atomic E-state index is 12.1. The van der Waals surface area contributed by atoms with E-state index >= 15 is 0 Å². The van der Waals surface area contributed by atoms with Crippen molar-refractivity contribution in [2.75, 3.05) is 46.5 Å². The van der Waals surface area contributed by atoms with Crippen LogP contribution in [0.25, 0.3) is 0 Å². The van der Waals surface area contributed by atoms with E-state index in [1.54, 1.807) is 18.2 Å². The van der Waals surface area contributed by atoms with Gasteiger partial charge in [-0.25, -0.2) is 25.9 Å². The van der Waals surface area contributed by atoms with Gasteiger partial charge in [0.05, 0.1) is 11.2 Å². The first-order chi connectivity index (χ1) is 10.6. The van der Waals surface area contributed by atoms with Crippen molar-refractivity contribution in [1.29, 1.82) is 0 Å². The van der Waals surface area contributed by atoms with Crippen LogP contribution < -0.4 is 4.72 Å². The molecule has 0 aliphatic heterocycles. The molecule has 0 spiro atoms. The molecule has 0 atom stereocenters. The minimum absolute atomic E-state index is 0.0340. The molecule has 1 aromatic carbocycles. The van der Waals surface area contributed by atoms with Gasteiger partial charge in [0.15, 0.2) is 0 Å². The van der Waals surface area contributed by atoms with Gasteiger partial charge in [0, 0.05) is 19.6 Å². The van der Waals surface area contributed by atoms with Crippen LogP contribution in [-0.2, 0) is 20.0 Å². The highest BCUT2D eigenvalue weighted by atomic mass is 32.2. The van der Waals surface area contributed by atoms with Crippen LogP contribution in [0.4, 0.5) is 0 Å². The highest BCUT2D eigenvalue weighted by Crippen LogP contribution is 2.07. The summed E-state index contributed by atoms with van der Waals surface area (Å²) in [5.74, 6) is 0. The van der Waals surface area contributed by atoms with E-state index < -0.39 is 20.0 Å². The van der Waals surface area contributed by atoms with E-state index in [2.05, 4.69) is 4.72 Å². The van der Waals surface area contributed by atoms with Crippen LogP contribution in [0.1, 0.15) is 6.42 Å². The monoisotopic (exact) mass is 363 g/mol. The summed E-state index contributed by atoms with van der Waals surface area (Å²) < 4.78 is 51.4. The Bertz CT molecular complexity index is 673. The summed E-state index contributed by atoms with van der Waals surface area (Å²) >= 11 is 0. The molecule has 23 heavy (non-hydrogen) atoms. The van der Waals surface area contributed by atoms with Gasteiger partial charge in [-0.1, -0.05) is 18.2 Å². The second-order valence-corrected chi connectivity index (χ2v) is 9.28. The van der Waals surface area contributed by atoms with Crippen molar-refractivity contribution in [2.45, 2.75) is 11.3 Å². The molecule has 0 radical (unpaired) electrons. The minimum Gasteiger partial charge on any atom is -0.309 e. The summed E-state index contributed by atoms with van der Waals surface area (Å²) in [6.07, 6.45) is 1.82. The number of hydrogen-bond donors (Lipinski definition) is 1. The largest absolute Gasteiger partial charge is 0.309 e. The molecule has 0 saturated heterocycles. The van der Waals surface area contributed by atoms with Gasteiger partial charge in [-0.2, -0.15) is 0 Å². The van der Waals surface area contributed by atoms with Crippen LogP contribution in [0, 0.1) is 0 Å². The van der Waals surface area contributed by atoms with E-state index in [9.17, 15) is 16.8 Å². The van der Waals surface area contributed by atoms with Crippen molar-refractivity contribution >= 4 is 20.0 Å². The summed E-state index contributed by atoms with van der Waals surface area (Å²) in [7, 11) is -3.15. The van der Waals surface area contributed by atoms with E-state index in [0.29, 0.717) is 13.0 Å². The SMILES string of the molecule is CN(C)CCCN(CCNS(=O)(=O)c1ccccc1)S(C)(=O)=O. The lowest BCUT2D eigenvalue weighted by atomic mass is 10.4. The zero-order chi connectivity index (χ0) is 17.5. The zero-order valence-corrected chi connectivity index (χ0v) is 15.4. The summed E-state index contributed by atoms with van der Waals surface area (Å²) in [5.41, 5.74) is 0. The van der Waals surface area contributed by atoms with E-state index in [1.165, 1.54) is 16.4 Å². The van der Waals surface area contributed by atoms with Crippen molar-refractivity contribution in [3.63, 3.8) is 0 Å². The topological polar surface area (TPSA) is 86.8 Å². The third kappa shape index (κ3) is 7.40. The summed E-state index contributed by atoms with van der Waals surface area (Å²) in [4.78, 5) is 2.14. The quantitative estimate of drug-likeness (QED) is 0.641. The van der Waals surface area contributed by atoms with E-state index in [-0.39, 0.29) is 18.0 Å². The molecule has 7 nitrogen and oxygen atoms in total. The standard InChI is InChI=1S/C14H25N3O4S2/c1-16(2)11-7-12-17(22(3,18)19)13-10-15-23(20,21)14-8-5-4-6-9-14/h4-6,8-9,15H,7,10-13H2,1-3H3. The Kier molecular flexibility index (Phi) is 7.62. The van der Waals surface area contributed by atoms with Crippen LogP contribution in [0.15, 0.2) is 35.2 Å². The Hall–Kier alpha value is -1.00. The van der Waals surface area contributed by atoms with Crippen molar-refractivity contribution in [3.8, 4) is 0 Å². The third-order valence-corrected chi connectivity index (χ3v) is 5.97. The molecule has 0 fully saturated rings. The van der Waals surface area contributed by atoms with E-state index in [0.717, 1.165) is 12.8 Å². The molecule has 0 aliphatic carbocycles. The fraction of sp³-hybridized carbons (Fsp3) is 0.571. The van der Waals surface area contributed by atoms with E-state index in [1.807, 2.05) is 19.0 Å². The van der Waals surface area contributed by atoms with Crippen LogP contribution in [0.3, 0.4) is 0 Å². The Morgan fingerprint density at radius 2 is 1.57 bits per heavy atom. The molecular weight excluding hydrogens is 338 g/mol. The molecule has 0 amide bonds. The first kappa shape index (κ1) is 20.0. The normalized spacial score (nSPS) is 12.9. The van der Waals surface area contributed by atoms with Crippen LogP contribution in [-0.4, -0.2) is 72.6 Å². The molecule has 0 heterocycles. The van der Waals surface area contributed by atoms with Gasteiger partial charge in [0.2, 0.25) is 20.0 Å². The lowest BCUT2D eigenvalue weighted by Crippen LogP contribution is -2.39. The fourth-order valence-corrected chi connectivity index (χ4v) is 3.92. The van der Waals surface area contributed by atoms with Gasteiger partial charge in [-0.15, -0.1) is 0 Å². The van der Waals surface area contributed by atoms with Gasteiger partial charge in [0.25, 0.3) is 0 Å². The van der Waals surface area contributed by atoms with Crippen molar-refractivity contribution < 1.29 is 16.8 Å². The molecule has 0 aromatic heterocycles. The number of nitrogens with one attached hydrogen (secondary N) is 1.